The second-order valence-electron chi connectivity index (χ2n) is 9.75. The van der Waals surface area contributed by atoms with Gasteiger partial charge in [0.25, 0.3) is 0 Å². The van der Waals surface area contributed by atoms with E-state index in [1.807, 2.05) is 6.33 Å². The van der Waals surface area contributed by atoms with Crippen molar-refractivity contribution >= 4 is 16.4 Å². The van der Waals surface area contributed by atoms with Crippen LogP contribution in [0.25, 0.3) is 0 Å². The number of oxazole rings is 1. The molecule has 3 rings (SSSR count). The fourth-order valence-corrected chi connectivity index (χ4v) is 5.57. The first-order valence-electron chi connectivity index (χ1n) is 9.41. The van der Waals surface area contributed by atoms with Gasteiger partial charge in [-0.15, -0.1) is 0 Å². The van der Waals surface area contributed by atoms with E-state index in [0.717, 1.165) is 23.7 Å². The third-order valence-electron chi connectivity index (χ3n) is 5.01. The molecule has 2 aromatic heterocycles. The van der Waals surface area contributed by atoms with Gasteiger partial charge in [-0.3, -0.25) is 4.99 Å². The van der Waals surface area contributed by atoms with Crippen LogP contribution in [-0.2, 0) is 17.4 Å². The molecule has 27 heavy (non-hydrogen) atoms. The van der Waals surface area contributed by atoms with Crippen molar-refractivity contribution in [3.8, 4) is 0 Å². The fraction of sp³-hybridized carbons (Fsp3) is 0.571. The number of nitrogens with zero attached hydrogens (tertiary/aromatic N) is 4. The van der Waals surface area contributed by atoms with Crippen LogP contribution in [0, 0.1) is 5.41 Å². The summed E-state index contributed by atoms with van der Waals surface area (Å²) >= 11 is 0. The molecule has 0 aliphatic carbocycles. The molecule has 5 nitrogen and oxygen atoms in total. The first kappa shape index (κ1) is 19.9. The van der Waals surface area contributed by atoms with Crippen LogP contribution in [0.2, 0.25) is 0 Å². The molecular weight excluding hydrogens is 356 g/mol. The Morgan fingerprint density at radius 2 is 1.74 bits per heavy atom. The molecule has 6 heteroatoms. The SMILES string of the molecule is CC(C)(Cn1cnc(C(C)(C)C)c1)C1=C[SH](CC(C)(C)c2cocn2)C=N1. The van der Waals surface area contributed by atoms with Gasteiger partial charge in [-0.1, -0.05) is 48.5 Å². The van der Waals surface area contributed by atoms with Gasteiger partial charge in [-0.25, -0.2) is 9.97 Å². The fourth-order valence-electron chi connectivity index (χ4n) is 3.25. The summed E-state index contributed by atoms with van der Waals surface area (Å²) in [5.41, 5.74) is 5.46. The Morgan fingerprint density at radius 1 is 1.00 bits per heavy atom. The predicted molar refractivity (Wildman–Crippen MR) is 115 cm³/mol. The molecule has 2 aromatic rings. The first-order chi connectivity index (χ1) is 12.5. The second-order valence-corrected chi connectivity index (χ2v) is 11.6. The molecule has 1 atom stereocenters. The molecule has 1 aliphatic heterocycles. The maximum Gasteiger partial charge on any atom is 0.180 e. The number of aromatic nitrogens is 3. The van der Waals surface area contributed by atoms with Crippen molar-refractivity contribution in [2.45, 2.75) is 65.8 Å². The highest BCUT2D eigenvalue weighted by Gasteiger charge is 2.31. The maximum atomic E-state index is 5.17. The number of hydrogen-bond acceptors (Lipinski definition) is 4. The molecule has 0 N–H and O–H groups in total. The minimum atomic E-state index is -0.390. The standard InChI is InChI=1S/C21H32N4OS/c1-19(2,3)16-8-25(13-22-16)11-20(4,5)18-10-27(15-24-18)12-21(6,7)17-9-26-14-23-17/h8-10,13-15,27H,11-12H2,1-7H3. The molecule has 0 fully saturated rings. The van der Waals surface area contributed by atoms with Crippen LogP contribution >= 0.6 is 10.9 Å². The zero-order valence-electron chi connectivity index (χ0n) is 17.5. The van der Waals surface area contributed by atoms with Crippen LogP contribution in [0.15, 0.2) is 45.7 Å². The van der Waals surface area contributed by atoms with E-state index in [1.165, 1.54) is 12.1 Å². The highest BCUT2D eigenvalue weighted by Crippen LogP contribution is 2.44. The molecule has 0 radical (unpaired) electrons. The van der Waals surface area contributed by atoms with Gasteiger partial charge in [-0.2, -0.15) is 10.9 Å². The number of imidazole rings is 1. The van der Waals surface area contributed by atoms with Crippen LogP contribution < -0.4 is 0 Å². The third kappa shape index (κ3) is 4.54. The zero-order valence-corrected chi connectivity index (χ0v) is 18.4. The van der Waals surface area contributed by atoms with Gasteiger partial charge in [-0.05, 0) is 11.2 Å². The molecule has 0 saturated heterocycles. The summed E-state index contributed by atoms with van der Waals surface area (Å²) in [4.78, 5) is 13.7. The van der Waals surface area contributed by atoms with Crippen LogP contribution in [0.1, 0.15) is 59.9 Å². The summed E-state index contributed by atoms with van der Waals surface area (Å²) in [6, 6.07) is 0. The number of rotatable bonds is 6. The molecule has 0 amide bonds. The number of thiol groups is 1. The molecular formula is C21H32N4OS. The minimum Gasteiger partial charge on any atom is -0.451 e. The summed E-state index contributed by atoms with van der Waals surface area (Å²) in [5.74, 6) is 1.02. The lowest BCUT2D eigenvalue weighted by molar-refractivity contribution is 0.368. The zero-order chi connectivity index (χ0) is 19.9. The van der Waals surface area contributed by atoms with Crippen molar-refractivity contribution in [3.63, 3.8) is 0 Å². The van der Waals surface area contributed by atoms with Crippen LogP contribution in [0.3, 0.4) is 0 Å². The highest BCUT2D eigenvalue weighted by atomic mass is 32.2. The summed E-state index contributed by atoms with van der Waals surface area (Å²) in [6.45, 7) is 16.4. The molecule has 0 spiro atoms. The van der Waals surface area contributed by atoms with E-state index in [2.05, 4.69) is 80.2 Å². The maximum absolute atomic E-state index is 5.17. The summed E-state index contributed by atoms with van der Waals surface area (Å²) in [7, 11) is -0.390. The Hall–Kier alpha value is -1.82. The van der Waals surface area contributed by atoms with E-state index in [9.17, 15) is 0 Å². The largest absolute Gasteiger partial charge is 0.451 e. The lowest BCUT2D eigenvalue weighted by Crippen LogP contribution is -2.22. The number of allylic oxidation sites excluding steroid dienone is 1. The van der Waals surface area contributed by atoms with E-state index in [0.29, 0.717) is 0 Å². The van der Waals surface area contributed by atoms with Gasteiger partial charge in [0.15, 0.2) is 6.39 Å². The number of aliphatic imine (C=N–C) groups is 1. The Balaban J connectivity index is 1.69. The van der Waals surface area contributed by atoms with Gasteiger partial charge in [0.05, 0.1) is 23.4 Å². The van der Waals surface area contributed by atoms with E-state index in [4.69, 9.17) is 9.41 Å². The molecule has 0 aromatic carbocycles. The van der Waals surface area contributed by atoms with E-state index in [1.54, 1.807) is 6.26 Å². The molecule has 1 unspecified atom stereocenters. The predicted octanol–water partition coefficient (Wildman–Crippen LogP) is 5.06. The molecule has 0 saturated carbocycles. The summed E-state index contributed by atoms with van der Waals surface area (Å²) < 4.78 is 7.36. The Labute approximate surface area is 165 Å². The van der Waals surface area contributed by atoms with E-state index >= 15 is 0 Å². The monoisotopic (exact) mass is 388 g/mol. The van der Waals surface area contributed by atoms with Crippen LogP contribution in [-0.4, -0.2) is 25.8 Å². The van der Waals surface area contributed by atoms with Gasteiger partial charge in [0.2, 0.25) is 0 Å². The van der Waals surface area contributed by atoms with Crippen molar-refractivity contribution in [3.05, 3.63) is 47.7 Å². The lowest BCUT2D eigenvalue weighted by Gasteiger charge is -2.27. The van der Waals surface area contributed by atoms with Gasteiger partial charge < -0.3 is 8.98 Å². The average Bonchev–Trinajstić information content (AvgIpc) is 3.27. The normalized spacial score (nSPS) is 19.5. The molecule has 3 heterocycles. The van der Waals surface area contributed by atoms with Crippen molar-refractivity contribution in [1.29, 1.82) is 0 Å². The van der Waals surface area contributed by atoms with Crippen LogP contribution in [0.4, 0.5) is 0 Å². The van der Waals surface area contributed by atoms with Crippen molar-refractivity contribution in [1.82, 2.24) is 14.5 Å². The van der Waals surface area contributed by atoms with Gasteiger partial charge in [0.1, 0.15) is 6.26 Å². The van der Waals surface area contributed by atoms with Gasteiger partial charge in [0, 0.05) is 34.5 Å². The van der Waals surface area contributed by atoms with E-state index < -0.39 is 0 Å². The first-order valence-corrected chi connectivity index (χ1v) is 11.1. The Morgan fingerprint density at radius 3 is 2.33 bits per heavy atom. The summed E-state index contributed by atoms with van der Waals surface area (Å²) in [5, 5.41) is 2.37. The minimum absolute atomic E-state index is 0.0211. The smallest absolute Gasteiger partial charge is 0.180 e. The van der Waals surface area contributed by atoms with E-state index in [-0.39, 0.29) is 27.1 Å². The average molecular weight is 389 g/mol. The van der Waals surface area contributed by atoms with Crippen molar-refractivity contribution in [2.75, 3.05) is 5.75 Å². The number of hydrogen-bond donors (Lipinski definition) is 1. The highest BCUT2D eigenvalue weighted by molar-refractivity contribution is 8.31. The molecule has 148 valence electrons. The van der Waals surface area contributed by atoms with Crippen LogP contribution in [0.5, 0.6) is 0 Å². The molecule has 1 aliphatic rings. The topological polar surface area (TPSA) is 56.2 Å². The van der Waals surface area contributed by atoms with Crippen molar-refractivity contribution < 1.29 is 4.42 Å². The lowest BCUT2D eigenvalue weighted by atomic mass is 9.89. The Kier molecular flexibility index (Phi) is 5.14. The second kappa shape index (κ2) is 6.97. The third-order valence-corrected chi connectivity index (χ3v) is 7.15. The quantitative estimate of drug-likeness (QED) is 0.704. The van der Waals surface area contributed by atoms with Crippen molar-refractivity contribution in [2.24, 2.45) is 10.4 Å². The summed E-state index contributed by atoms with van der Waals surface area (Å²) in [6.07, 6.45) is 7.37. The van der Waals surface area contributed by atoms with Gasteiger partial charge >= 0.3 is 0 Å². The molecule has 0 bridgehead atoms. The Bertz CT molecular complexity index is 838.